The fourth-order valence-electron chi connectivity index (χ4n) is 2.08. The predicted molar refractivity (Wildman–Crippen MR) is 68.4 cm³/mol. The van der Waals surface area contributed by atoms with Gasteiger partial charge in [-0.1, -0.05) is 12.1 Å². The molecule has 1 aliphatic rings. The van der Waals surface area contributed by atoms with Gasteiger partial charge in [0.2, 0.25) is 5.91 Å². The van der Waals surface area contributed by atoms with Crippen LogP contribution in [0.3, 0.4) is 0 Å². The maximum absolute atomic E-state index is 12.8. The molecule has 0 heterocycles. The van der Waals surface area contributed by atoms with Crippen LogP contribution < -0.4 is 11.1 Å². The van der Waals surface area contributed by atoms with E-state index in [4.69, 9.17) is 5.73 Å². The zero-order valence-electron chi connectivity index (χ0n) is 10.6. The van der Waals surface area contributed by atoms with Crippen molar-refractivity contribution in [3.05, 3.63) is 35.6 Å². The lowest BCUT2D eigenvalue weighted by atomic mass is 10.0. The van der Waals surface area contributed by atoms with E-state index < -0.39 is 0 Å². The van der Waals surface area contributed by atoms with Gasteiger partial charge in [-0.2, -0.15) is 0 Å². The lowest BCUT2D eigenvalue weighted by molar-refractivity contribution is -0.126. The summed E-state index contributed by atoms with van der Waals surface area (Å²) >= 11 is 0. The molecule has 18 heavy (non-hydrogen) atoms. The highest BCUT2D eigenvalue weighted by Crippen LogP contribution is 2.44. The van der Waals surface area contributed by atoms with Gasteiger partial charge in [0.1, 0.15) is 5.82 Å². The summed E-state index contributed by atoms with van der Waals surface area (Å²) in [4.78, 5) is 12.0. The second-order valence-corrected chi connectivity index (χ2v) is 5.19. The summed E-state index contributed by atoms with van der Waals surface area (Å²) in [6.07, 6.45) is 2.48. The molecular formula is C14H19FN2O. The van der Waals surface area contributed by atoms with Gasteiger partial charge in [-0.05, 0) is 43.9 Å². The van der Waals surface area contributed by atoms with Crippen LogP contribution in [0.25, 0.3) is 0 Å². The molecule has 0 radical (unpaired) electrons. The van der Waals surface area contributed by atoms with Crippen LogP contribution in [0.2, 0.25) is 0 Å². The summed E-state index contributed by atoms with van der Waals surface area (Å²) in [5.74, 6) is -0.185. The van der Waals surface area contributed by atoms with E-state index in [0.29, 0.717) is 13.0 Å². The van der Waals surface area contributed by atoms with E-state index in [-0.39, 0.29) is 23.2 Å². The molecule has 3 nitrogen and oxygen atoms in total. The smallest absolute Gasteiger partial charge is 0.227 e. The Morgan fingerprint density at radius 1 is 1.44 bits per heavy atom. The highest BCUT2D eigenvalue weighted by Gasteiger charge is 2.48. The highest BCUT2D eigenvalue weighted by molar-refractivity contribution is 5.85. The molecule has 2 rings (SSSR count). The number of hydrogen-bond acceptors (Lipinski definition) is 2. The number of rotatable bonds is 5. The number of carbonyl (C=O) groups is 1. The zero-order valence-corrected chi connectivity index (χ0v) is 10.6. The van der Waals surface area contributed by atoms with Gasteiger partial charge in [-0.15, -0.1) is 0 Å². The fourth-order valence-corrected chi connectivity index (χ4v) is 2.08. The third kappa shape index (κ3) is 2.88. The Morgan fingerprint density at radius 3 is 2.56 bits per heavy atom. The van der Waals surface area contributed by atoms with Gasteiger partial charge in [-0.3, -0.25) is 4.79 Å². The summed E-state index contributed by atoms with van der Waals surface area (Å²) < 4.78 is 12.8. The average Bonchev–Trinajstić information content (AvgIpc) is 3.13. The lowest BCUT2D eigenvalue weighted by Crippen LogP contribution is -2.42. The zero-order chi connectivity index (χ0) is 13.2. The minimum atomic E-state index is -0.308. The van der Waals surface area contributed by atoms with E-state index in [1.165, 1.54) is 12.1 Å². The Balaban J connectivity index is 1.87. The van der Waals surface area contributed by atoms with Crippen molar-refractivity contribution in [2.75, 3.05) is 6.54 Å². The van der Waals surface area contributed by atoms with Gasteiger partial charge >= 0.3 is 0 Å². The fraction of sp³-hybridized carbons (Fsp3) is 0.500. The molecular weight excluding hydrogens is 231 g/mol. The number of nitrogens with two attached hydrogens (primary N) is 1. The first-order chi connectivity index (χ1) is 8.55. The Bertz CT molecular complexity index is 426. The molecule has 0 bridgehead atoms. The quantitative estimate of drug-likeness (QED) is 0.834. The third-order valence-electron chi connectivity index (χ3n) is 3.56. The van der Waals surface area contributed by atoms with Crippen molar-refractivity contribution in [2.24, 2.45) is 11.1 Å². The van der Waals surface area contributed by atoms with Crippen LogP contribution in [0.15, 0.2) is 24.3 Å². The van der Waals surface area contributed by atoms with E-state index in [2.05, 4.69) is 5.32 Å². The summed E-state index contributed by atoms with van der Waals surface area (Å²) in [5.41, 5.74) is 6.32. The predicted octanol–water partition coefficient (Wildman–Crippen LogP) is 1.61. The van der Waals surface area contributed by atoms with Gasteiger partial charge < -0.3 is 11.1 Å². The standard InChI is InChI=1S/C14H19FN2O/c1-10(8-11-2-4-12(15)5-3-11)17-13(18)14(9-16)6-7-14/h2-5,10H,6-9,16H2,1H3,(H,17,18). The Morgan fingerprint density at radius 2 is 2.06 bits per heavy atom. The Kier molecular flexibility index (Phi) is 3.66. The van der Waals surface area contributed by atoms with Crippen LogP contribution in [0, 0.1) is 11.2 Å². The number of benzene rings is 1. The summed E-state index contributed by atoms with van der Waals surface area (Å²) in [6.45, 7) is 2.37. The minimum absolute atomic E-state index is 0.0342. The van der Waals surface area contributed by atoms with E-state index in [9.17, 15) is 9.18 Å². The van der Waals surface area contributed by atoms with E-state index >= 15 is 0 Å². The SMILES string of the molecule is CC(Cc1ccc(F)cc1)NC(=O)C1(CN)CC1. The monoisotopic (exact) mass is 250 g/mol. The van der Waals surface area contributed by atoms with Crippen molar-refractivity contribution >= 4 is 5.91 Å². The molecule has 1 unspecified atom stereocenters. The van der Waals surface area contributed by atoms with Gasteiger partial charge in [0.25, 0.3) is 0 Å². The number of hydrogen-bond donors (Lipinski definition) is 2. The highest BCUT2D eigenvalue weighted by atomic mass is 19.1. The van der Waals surface area contributed by atoms with E-state index in [1.54, 1.807) is 12.1 Å². The number of carbonyl (C=O) groups excluding carboxylic acids is 1. The van der Waals surface area contributed by atoms with Crippen molar-refractivity contribution in [1.82, 2.24) is 5.32 Å². The molecule has 1 aliphatic carbocycles. The van der Waals surface area contributed by atoms with Crippen LogP contribution in [0.5, 0.6) is 0 Å². The first kappa shape index (κ1) is 13.0. The molecule has 0 aromatic heterocycles. The van der Waals surface area contributed by atoms with Gasteiger partial charge in [-0.25, -0.2) is 4.39 Å². The van der Waals surface area contributed by atoms with Crippen LogP contribution in [-0.4, -0.2) is 18.5 Å². The van der Waals surface area contributed by atoms with Crippen molar-refractivity contribution in [3.8, 4) is 0 Å². The largest absolute Gasteiger partial charge is 0.353 e. The third-order valence-corrected chi connectivity index (χ3v) is 3.56. The van der Waals surface area contributed by atoms with Crippen LogP contribution >= 0.6 is 0 Å². The van der Waals surface area contributed by atoms with Crippen LogP contribution in [0.1, 0.15) is 25.3 Å². The van der Waals surface area contributed by atoms with Gasteiger partial charge in [0, 0.05) is 12.6 Å². The van der Waals surface area contributed by atoms with Crippen molar-refractivity contribution < 1.29 is 9.18 Å². The van der Waals surface area contributed by atoms with Crippen LogP contribution in [-0.2, 0) is 11.2 Å². The lowest BCUT2D eigenvalue weighted by Gasteiger charge is -2.18. The first-order valence-electron chi connectivity index (χ1n) is 6.31. The molecule has 98 valence electrons. The van der Waals surface area contributed by atoms with Crippen molar-refractivity contribution in [3.63, 3.8) is 0 Å². The molecule has 1 amide bonds. The van der Waals surface area contributed by atoms with Crippen molar-refractivity contribution in [2.45, 2.75) is 32.2 Å². The molecule has 1 aromatic carbocycles. The Hall–Kier alpha value is -1.42. The molecule has 1 fully saturated rings. The molecule has 0 spiro atoms. The summed E-state index contributed by atoms with van der Waals surface area (Å²) in [5, 5.41) is 2.98. The number of halogens is 1. The summed E-state index contributed by atoms with van der Waals surface area (Å²) in [6, 6.07) is 6.40. The molecule has 1 atom stereocenters. The minimum Gasteiger partial charge on any atom is -0.353 e. The molecule has 4 heteroatoms. The summed E-state index contributed by atoms with van der Waals surface area (Å²) in [7, 11) is 0. The topological polar surface area (TPSA) is 55.1 Å². The normalized spacial score (nSPS) is 18.2. The molecule has 0 aliphatic heterocycles. The molecule has 1 saturated carbocycles. The van der Waals surface area contributed by atoms with Gasteiger partial charge in [0.05, 0.1) is 5.41 Å². The number of nitrogens with one attached hydrogen (secondary N) is 1. The van der Waals surface area contributed by atoms with Crippen LogP contribution in [0.4, 0.5) is 4.39 Å². The molecule has 3 N–H and O–H groups in total. The maximum atomic E-state index is 12.8. The van der Waals surface area contributed by atoms with E-state index in [0.717, 1.165) is 18.4 Å². The first-order valence-corrected chi connectivity index (χ1v) is 6.31. The average molecular weight is 250 g/mol. The van der Waals surface area contributed by atoms with Crippen molar-refractivity contribution in [1.29, 1.82) is 0 Å². The number of amides is 1. The molecule has 0 saturated heterocycles. The van der Waals surface area contributed by atoms with Gasteiger partial charge in [0.15, 0.2) is 0 Å². The molecule has 1 aromatic rings. The Labute approximate surface area is 107 Å². The maximum Gasteiger partial charge on any atom is 0.227 e. The van der Waals surface area contributed by atoms with E-state index in [1.807, 2.05) is 6.92 Å². The second-order valence-electron chi connectivity index (χ2n) is 5.19. The second kappa shape index (κ2) is 5.06.